The van der Waals surface area contributed by atoms with Crippen molar-refractivity contribution in [3.8, 4) is 11.5 Å². The zero-order valence-electron chi connectivity index (χ0n) is 16.3. The molecule has 4 rings (SSSR count). The Balaban J connectivity index is 1.62. The van der Waals surface area contributed by atoms with Crippen LogP contribution in [0.15, 0.2) is 47.4 Å². The molecule has 8 heteroatoms. The molecule has 0 aliphatic carbocycles. The van der Waals surface area contributed by atoms with Gasteiger partial charge in [-0.15, -0.1) is 0 Å². The third-order valence-electron chi connectivity index (χ3n) is 5.31. The highest BCUT2D eigenvalue weighted by atomic mass is 32.2. The molecule has 2 aliphatic heterocycles. The molecule has 1 saturated heterocycles. The molecule has 2 aliphatic rings. The Morgan fingerprint density at radius 1 is 1.03 bits per heavy atom. The minimum absolute atomic E-state index is 0.186. The van der Waals surface area contributed by atoms with Crippen LogP contribution in [-0.4, -0.2) is 45.4 Å². The summed E-state index contributed by atoms with van der Waals surface area (Å²) in [6.07, 6.45) is 2.35. The molecule has 0 bridgehead atoms. The average molecular weight is 416 g/mol. The van der Waals surface area contributed by atoms with Gasteiger partial charge in [0.1, 0.15) is 0 Å². The lowest BCUT2D eigenvalue weighted by Crippen LogP contribution is -2.30. The first-order valence-electron chi connectivity index (χ1n) is 9.74. The van der Waals surface area contributed by atoms with Gasteiger partial charge in [-0.05, 0) is 54.8 Å². The van der Waals surface area contributed by atoms with Gasteiger partial charge in [-0.3, -0.25) is 4.79 Å². The van der Waals surface area contributed by atoms with E-state index in [-0.39, 0.29) is 16.8 Å². The molecule has 29 heavy (non-hydrogen) atoms. The zero-order valence-corrected chi connectivity index (χ0v) is 17.1. The van der Waals surface area contributed by atoms with E-state index in [9.17, 15) is 13.2 Å². The van der Waals surface area contributed by atoms with Crippen LogP contribution in [0.1, 0.15) is 41.2 Å². The lowest BCUT2D eigenvalue weighted by Gasteiger charge is -2.25. The SMILES string of the molecule is CNC(=O)c1ccc(S(=O)(=O)N2CCCC2c2ccc3c(c2)OCCCO3)cc1. The van der Waals surface area contributed by atoms with Crippen LogP contribution in [0.5, 0.6) is 11.5 Å². The first-order chi connectivity index (χ1) is 14.0. The second-order valence-electron chi connectivity index (χ2n) is 7.13. The summed E-state index contributed by atoms with van der Waals surface area (Å²) in [7, 11) is -2.15. The molecule has 154 valence electrons. The van der Waals surface area contributed by atoms with Gasteiger partial charge < -0.3 is 14.8 Å². The first-order valence-corrected chi connectivity index (χ1v) is 11.2. The maximum atomic E-state index is 13.3. The normalized spacial score (nSPS) is 19.6. The number of ether oxygens (including phenoxy) is 2. The third kappa shape index (κ3) is 3.82. The molecular formula is C21H24N2O5S. The monoisotopic (exact) mass is 416 g/mol. The smallest absolute Gasteiger partial charge is 0.251 e. The van der Waals surface area contributed by atoms with Gasteiger partial charge >= 0.3 is 0 Å². The number of hydrogen-bond acceptors (Lipinski definition) is 5. The molecule has 2 aromatic carbocycles. The number of sulfonamides is 1. The van der Waals surface area contributed by atoms with Crippen molar-refractivity contribution >= 4 is 15.9 Å². The van der Waals surface area contributed by atoms with E-state index in [4.69, 9.17) is 9.47 Å². The maximum Gasteiger partial charge on any atom is 0.251 e. The molecular weight excluding hydrogens is 392 g/mol. The number of nitrogens with one attached hydrogen (secondary N) is 1. The topological polar surface area (TPSA) is 84.9 Å². The number of amides is 1. The second kappa shape index (κ2) is 8.04. The summed E-state index contributed by atoms with van der Waals surface area (Å²) in [4.78, 5) is 11.9. The van der Waals surface area contributed by atoms with E-state index in [2.05, 4.69) is 5.32 Å². The second-order valence-corrected chi connectivity index (χ2v) is 9.02. The number of nitrogens with zero attached hydrogens (tertiary/aromatic N) is 1. The number of carbonyl (C=O) groups excluding carboxylic acids is 1. The lowest BCUT2D eigenvalue weighted by molar-refractivity contribution is 0.0963. The Hall–Kier alpha value is -2.58. The van der Waals surface area contributed by atoms with Gasteiger partial charge in [0.25, 0.3) is 5.91 Å². The predicted molar refractivity (Wildman–Crippen MR) is 108 cm³/mol. The van der Waals surface area contributed by atoms with E-state index >= 15 is 0 Å². The van der Waals surface area contributed by atoms with Crippen molar-refractivity contribution in [3.05, 3.63) is 53.6 Å². The van der Waals surface area contributed by atoms with Gasteiger partial charge in [0.15, 0.2) is 11.5 Å². The molecule has 0 aromatic heterocycles. The summed E-state index contributed by atoms with van der Waals surface area (Å²) in [6, 6.07) is 11.5. The van der Waals surface area contributed by atoms with Crippen molar-refractivity contribution in [2.45, 2.75) is 30.2 Å². The maximum absolute atomic E-state index is 13.3. The molecule has 1 N–H and O–H groups in total. The molecule has 0 saturated carbocycles. The number of hydrogen-bond donors (Lipinski definition) is 1. The van der Waals surface area contributed by atoms with E-state index < -0.39 is 10.0 Å². The van der Waals surface area contributed by atoms with Crippen molar-refractivity contribution in [2.75, 3.05) is 26.8 Å². The fourth-order valence-electron chi connectivity index (χ4n) is 3.81. The molecule has 7 nitrogen and oxygen atoms in total. The Morgan fingerprint density at radius 3 is 2.48 bits per heavy atom. The fourth-order valence-corrected chi connectivity index (χ4v) is 5.49. The molecule has 2 aromatic rings. The van der Waals surface area contributed by atoms with E-state index in [0.29, 0.717) is 36.8 Å². The quantitative estimate of drug-likeness (QED) is 0.828. The van der Waals surface area contributed by atoms with Gasteiger partial charge in [0.2, 0.25) is 10.0 Å². The summed E-state index contributed by atoms with van der Waals surface area (Å²) >= 11 is 0. The molecule has 2 heterocycles. The Morgan fingerprint density at radius 2 is 1.76 bits per heavy atom. The van der Waals surface area contributed by atoms with E-state index in [1.165, 1.54) is 31.3 Å². The Labute approximate surface area is 170 Å². The molecule has 0 spiro atoms. The van der Waals surface area contributed by atoms with Crippen molar-refractivity contribution in [2.24, 2.45) is 0 Å². The summed E-state index contributed by atoms with van der Waals surface area (Å²) in [5.41, 5.74) is 1.32. The van der Waals surface area contributed by atoms with Crippen LogP contribution in [-0.2, 0) is 10.0 Å². The van der Waals surface area contributed by atoms with Gasteiger partial charge in [0.05, 0.1) is 24.2 Å². The van der Waals surface area contributed by atoms with Crippen molar-refractivity contribution in [1.29, 1.82) is 0 Å². The van der Waals surface area contributed by atoms with E-state index in [1.54, 1.807) is 4.31 Å². The van der Waals surface area contributed by atoms with Crippen LogP contribution in [0, 0.1) is 0 Å². The molecule has 1 atom stereocenters. The summed E-state index contributed by atoms with van der Waals surface area (Å²) in [6.45, 7) is 1.65. The van der Waals surface area contributed by atoms with Gasteiger partial charge in [0, 0.05) is 25.6 Å². The van der Waals surface area contributed by atoms with Crippen LogP contribution < -0.4 is 14.8 Å². The predicted octanol–water partition coefficient (Wildman–Crippen LogP) is 2.73. The molecule has 1 unspecified atom stereocenters. The summed E-state index contributed by atoms with van der Waals surface area (Å²) in [5, 5.41) is 2.53. The van der Waals surface area contributed by atoms with E-state index in [0.717, 1.165) is 24.8 Å². The average Bonchev–Trinajstić information content (AvgIpc) is 3.13. The number of carbonyl (C=O) groups is 1. The summed E-state index contributed by atoms with van der Waals surface area (Å²) < 4.78 is 39.6. The highest BCUT2D eigenvalue weighted by Gasteiger charge is 2.36. The van der Waals surface area contributed by atoms with Crippen LogP contribution in [0.25, 0.3) is 0 Å². The van der Waals surface area contributed by atoms with Crippen molar-refractivity contribution < 1.29 is 22.7 Å². The van der Waals surface area contributed by atoms with Crippen molar-refractivity contribution in [3.63, 3.8) is 0 Å². The Kier molecular flexibility index (Phi) is 5.47. The largest absolute Gasteiger partial charge is 0.490 e. The van der Waals surface area contributed by atoms with Gasteiger partial charge in [-0.25, -0.2) is 8.42 Å². The van der Waals surface area contributed by atoms with Crippen LogP contribution in [0.2, 0.25) is 0 Å². The number of benzene rings is 2. The highest BCUT2D eigenvalue weighted by molar-refractivity contribution is 7.89. The number of fused-ring (bicyclic) bond motifs is 1. The standard InChI is InChI=1S/C21H24N2O5S/c1-22-21(24)15-5-8-17(9-6-15)29(25,26)23-11-2-4-18(23)16-7-10-19-20(14-16)28-13-3-12-27-19/h5-10,14,18H,2-4,11-13H2,1H3,(H,22,24). The zero-order chi connectivity index (χ0) is 20.4. The number of rotatable bonds is 4. The summed E-state index contributed by atoms with van der Waals surface area (Å²) in [5.74, 6) is 1.11. The molecule has 0 radical (unpaired) electrons. The van der Waals surface area contributed by atoms with Gasteiger partial charge in [-0.1, -0.05) is 6.07 Å². The van der Waals surface area contributed by atoms with E-state index in [1.807, 2.05) is 18.2 Å². The molecule has 1 fully saturated rings. The minimum Gasteiger partial charge on any atom is -0.490 e. The molecule has 1 amide bonds. The van der Waals surface area contributed by atoms with Crippen LogP contribution in [0.3, 0.4) is 0 Å². The third-order valence-corrected chi connectivity index (χ3v) is 7.23. The van der Waals surface area contributed by atoms with Crippen LogP contribution in [0.4, 0.5) is 0 Å². The fraction of sp³-hybridized carbons (Fsp3) is 0.381. The Bertz CT molecular complexity index is 1000. The van der Waals surface area contributed by atoms with Crippen LogP contribution >= 0.6 is 0 Å². The first kappa shape index (κ1) is 19.7. The highest BCUT2D eigenvalue weighted by Crippen LogP contribution is 2.40. The van der Waals surface area contributed by atoms with Crippen molar-refractivity contribution in [1.82, 2.24) is 9.62 Å². The lowest BCUT2D eigenvalue weighted by atomic mass is 10.0. The minimum atomic E-state index is -3.68. The van der Waals surface area contributed by atoms with Gasteiger partial charge in [-0.2, -0.15) is 4.31 Å².